The molecule has 1 aromatic carbocycles. The van der Waals surface area contributed by atoms with Crippen LogP contribution in [0.1, 0.15) is 32.8 Å². The summed E-state index contributed by atoms with van der Waals surface area (Å²) in [7, 11) is 0. The Bertz CT molecular complexity index is 596. The molecule has 25 heavy (non-hydrogen) atoms. The summed E-state index contributed by atoms with van der Waals surface area (Å²) in [5, 5.41) is 2.96. The lowest BCUT2D eigenvalue weighted by atomic mass is 9.97. The Hall–Kier alpha value is -2.11. The van der Waals surface area contributed by atoms with Crippen LogP contribution in [0, 0.1) is 11.2 Å². The van der Waals surface area contributed by atoms with Crippen molar-refractivity contribution in [1.82, 2.24) is 15.1 Å². The molecule has 6 heteroatoms. The Morgan fingerprint density at radius 3 is 2.28 bits per heavy atom. The van der Waals surface area contributed by atoms with Crippen molar-refractivity contribution in [2.24, 2.45) is 5.41 Å². The second kappa shape index (κ2) is 8.32. The summed E-state index contributed by atoms with van der Waals surface area (Å²) >= 11 is 0. The lowest BCUT2D eigenvalue weighted by Crippen LogP contribution is -2.45. The van der Waals surface area contributed by atoms with Gasteiger partial charge < -0.3 is 15.1 Å². The molecule has 1 fully saturated rings. The molecule has 1 aliphatic rings. The second-order valence-corrected chi connectivity index (χ2v) is 7.74. The van der Waals surface area contributed by atoms with Crippen LogP contribution in [0.5, 0.6) is 0 Å². The first kappa shape index (κ1) is 19.2. The first-order valence-electron chi connectivity index (χ1n) is 8.79. The maximum Gasteiger partial charge on any atom is 0.317 e. The number of rotatable bonds is 3. The molecular formula is C19H28FN3O2. The van der Waals surface area contributed by atoms with E-state index in [1.807, 2.05) is 0 Å². The van der Waals surface area contributed by atoms with E-state index in [2.05, 4.69) is 26.1 Å². The number of hydrogen-bond acceptors (Lipinski definition) is 2. The molecule has 138 valence electrons. The minimum Gasteiger partial charge on any atom is -0.341 e. The molecule has 0 spiro atoms. The zero-order chi connectivity index (χ0) is 18.4. The standard InChI is InChI=1S/C19H28FN3O2/c1-19(2,3)14-21-18(25)23-10-4-9-22(11-12-23)17(24)13-15-5-7-16(20)8-6-15/h5-8H,4,9-14H2,1-3H3,(H,21,25). The van der Waals surface area contributed by atoms with Crippen LogP contribution in [-0.4, -0.2) is 54.5 Å². The number of benzene rings is 1. The van der Waals surface area contributed by atoms with Gasteiger partial charge in [0.05, 0.1) is 6.42 Å². The number of nitrogens with zero attached hydrogens (tertiary/aromatic N) is 2. The summed E-state index contributed by atoms with van der Waals surface area (Å²) in [5.74, 6) is -0.286. The first-order chi connectivity index (χ1) is 11.7. The Labute approximate surface area is 149 Å². The average molecular weight is 349 g/mol. The van der Waals surface area contributed by atoms with Crippen LogP contribution in [0.15, 0.2) is 24.3 Å². The summed E-state index contributed by atoms with van der Waals surface area (Å²) in [5.41, 5.74) is 0.842. The zero-order valence-corrected chi connectivity index (χ0v) is 15.3. The lowest BCUT2D eigenvalue weighted by molar-refractivity contribution is -0.130. The second-order valence-electron chi connectivity index (χ2n) is 7.74. The van der Waals surface area contributed by atoms with E-state index in [9.17, 15) is 14.0 Å². The van der Waals surface area contributed by atoms with Crippen molar-refractivity contribution in [3.63, 3.8) is 0 Å². The first-order valence-corrected chi connectivity index (χ1v) is 8.79. The van der Waals surface area contributed by atoms with Gasteiger partial charge in [-0.2, -0.15) is 0 Å². The van der Waals surface area contributed by atoms with Gasteiger partial charge in [-0.3, -0.25) is 4.79 Å². The predicted molar refractivity (Wildman–Crippen MR) is 95.7 cm³/mol. The van der Waals surface area contributed by atoms with E-state index in [1.54, 1.807) is 21.9 Å². The van der Waals surface area contributed by atoms with Gasteiger partial charge in [0.25, 0.3) is 0 Å². The number of hydrogen-bond donors (Lipinski definition) is 1. The highest BCUT2D eigenvalue weighted by molar-refractivity contribution is 5.79. The van der Waals surface area contributed by atoms with Crippen molar-refractivity contribution < 1.29 is 14.0 Å². The van der Waals surface area contributed by atoms with Crippen LogP contribution in [0.2, 0.25) is 0 Å². The van der Waals surface area contributed by atoms with Gasteiger partial charge >= 0.3 is 6.03 Å². The molecule has 0 saturated carbocycles. The minimum atomic E-state index is -0.303. The molecule has 1 N–H and O–H groups in total. The summed E-state index contributed by atoms with van der Waals surface area (Å²) in [6.45, 7) is 9.20. The number of urea groups is 1. The van der Waals surface area contributed by atoms with Gasteiger partial charge in [-0.05, 0) is 29.5 Å². The van der Waals surface area contributed by atoms with Gasteiger partial charge in [0.1, 0.15) is 5.82 Å². The lowest BCUT2D eigenvalue weighted by Gasteiger charge is -2.25. The summed E-state index contributed by atoms with van der Waals surface area (Å²) in [4.78, 5) is 28.3. The molecule has 1 saturated heterocycles. The Morgan fingerprint density at radius 1 is 1.04 bits per heavy atom. The van der Waals surface area contributed by atoms with Crippen LogP contribution >= 0.6 is 0 Å². The summed E-state index contributed by atoms with van der Waals surface area (Å²) in [6, 6.07) is 5.94. The molecule has 0 unspecified atom stereocenters. The quantitative estimate of drug-likeness (QED) is 0.912. The third-order valence-corrected chi connectivity index (χ3v) is 4.17. The highest BCUT2D eigenvalue weighted by atomic mass is 19.1. The molecule has 0 radical (unpaired) electrons. The SMILES string of the molecule is CC(C)(C)CNC(=O)N1CCCN(C(=O)Cc2ccc(F)cc2)CC1. The maximum atomic E-state index is 12.9. The minimum absolute atomic E-state index is 0.0172. The molecule has 1 aliphatic heterocycles. The normalized spacial score (nSPS) is 15.7. The predicted octanol–water partition coefficient (Wildman–Crippen LogP) is 2.66. The van der Waals surface area contributed by atoms with Crippen molar-refractivity contribution in [2.75, 3.05) is 32.7 Å². The monoisotopic (exact) mass is 349 g/mol. The maximum absolute atomic E-state index is 12.9. The van der Waals surface area contributed by atoms with Gasteiger partial charge in [0, 0.05) is 32.7 Å². The van der Waals surface area contributed by atoms with E-state index in [-0.39, 0.29) is 29.6 Å². The van der Waals surface area contributed by atoms with Crippen LogP contribution in [0.3, 0.4) is 0 Å². The molecule has 3 amide bonds. The number of carbonyl (C=O) groups is 2. The Morgan fingerprint density at radius 2 is 1.64 bits per heavy atom. The van der Waals surface area contributed by atoms with E-state index >= 15 is 0 Å². The van der Waals surface area contributed by atoms with E-state index in [4.69, 9.17) is 0 Å². The van der Waals surface area contributed by atoms with Crippen LogP contribution in [0.25, 0.3) is 0 Å². The molecule has 1 heterocycles. The van der Waals surface area contributed by atoms with Gasteiger partial charge in [-0.15, -0.1) is 0 Å². The molecule has 5 nitrogen and oxygen atoms in total. The topological polar surface area (TPSA) is 52.7 Å². The van der Waals surface area contributed by atoms with Gasteiger partial charge in [0.2, 0.25) is 5.91 Å². The highest BCUT2D eigenvalue weighted by Crippen LogP contribution is 2.12. The fourth-order valence-corrected chi connectivity index (χ4v) is 2.71. The number of carbonyl (C=O) groups excluding carboxylic acids is 2. The van der Waals surface area contributed by atoms with Crippen LogP contribution in [0.4, 0.5) is 9.18 Å². The zero-order valence-electron chi connectivity index (χ0n) is 15.3. The van der Waals surface area contributed by atoms with Crippen molar-refractivity contribution >= 4 is 11.9 Å². The smallest absolute Gasteiger partial charge is 0.317 e. The van der Waals surface area contributed by atoms with E-state index in [0.717, 1.165) is 12.0 Å². The fraction of sp³-hybridized carbons (Fsp3) is 0.579. The van der Waals surface area contributed by atoms with Crippen molar-refractivity contribution in [1.29, 1.82) is 0 Å². The van der Waals surface area contributed by atoms with Crippen molar-refractivity contribution in [3.05, 3.63) is 35.6 Å². The van der Waals surface area contributed by atoms with Gasteiger partial charge in [-0.25, -0.2) is 9.18 Å². The number of nitrogens with one attached hydrogen (secondary N) is 1. The third-order valence-electron chi connectivity index (χ3n) is 4.17. The molecular weight excluding hydrogens is 321 g/mol. The molecule has 0 aliphatic carbocycles. The number of halogens is 1. The van der Waals surface area contributed by atoms with E-state index in [1.165, 1.54) is 12.1 Å². The molecule has 0 atom stereocenters. The fourth-order valence-electron chi connectivity index (χ4n) is 2.71. The van der Waals surface area contributed by atoms with Crippen LogP contribution in [-0.2, 0) is 11.2 Å². The van der Waals surface area contributed by atoms with E-state index in [0.29, 0.717) is 32.7 Å². The van der Waals surface area contributed by atoms with Crippen molar-refractivity contribution in [2.45, 2.75) is 33.6 Å². The summed E-state index contributed by atoms with van der Waals surface area (Å²) < 4.78 is 12.9. The van der Waals surface area contributed by atoms with Gasteiger partial charge in [0.15, 0.2) is 0 Å². The molecule has 0 aromatic heterocycles. The Balaban J connectivity index is 1.84. The summed E-state index contributed by atoms with van der Waals surface area (Å²) in [6.07, 6.45) is 1.02. The van der Waals surface area contributed by atoms with Crippen molar-refractivity contribution in [3.8, 4) is 0 Å². The Kier molecular flexibility index (Phi) is 6.39. The highest BCUT2D eigenvalue weighted by Gasteiger charge is 2.23. The largest absolute Gasteiger partial charge is 0.341 e. The average Bonchev–Trinajstić information content (AvgIpc) is 2.80. The molecule has 2 rings (SSSR count). The number of amides is 3. The van der Waals surface area contributed by atoms with Crippen LogP contribution < -0.4 is 5.32 Å². The van der Waals surface area contributed by atoms with E-state index < -0.39 is 0 Å². The molecule has 1 aromatic rings. The molecule has 0 bridgehead atoms. The third kappa shape index (κ3) is 6.36. The van der Waals surface area contributed by atoms with Gasteiger partial charge in [-0.1, -0.05) is 32.9 Å².